The molecule has 23 heavy (non-hydrogen) atoms. The molecule has 0 bridgehead atoms. The van der Waals surface area contributed by atoms with Gasteiger partial charge in [0.05, 0.1) is 11.1 Å². The van der Waals surface area contributed by atoms with Crippen molar-refractivity contribution in [2.75, 3.05) is 26.2 Å². The third-order valence-corrected chi connectivity index (χ3v) is 4.45. The van der Waals surface area contributed by atoms with E-state index in [0.717, 1.165) is 49.4 Å². The number of nitriles is 1. The van der Waals surface area contributed by atoms with Gasteiger partial charge in [0.1, 0.15) is 6.07 Å². The van der Waals surface area contributed by atoms with Crippen molar-refractivity contribution >= 4 is 11.4 Å². The van der Waals surface area contributed by atoms with E-state index in [1.165, 1.54) is 0 Å². The summed E-state index contributed by atoms with van der Waals surface area (Å²) in [6.45, 7) is 7.90. The van der Waals surface area contributed by atoms with Crippen molar-refractivity contribution in [1.29, 1.82) is 5.26 Å². The average Bonchev–Trinajstić information content (AvgIpc) is 2.91. The summed E-state index contributed by atoms with van der Waals surface area (Å²) in [4.78, 5) is 16.3. The molecule has 0 N–H and O–H groups in total. The van der Waals surface area contributed by atoms with Gasteiger partial charge in [-0.2, -0.15) is 5.26 Å². The molecule has 3 heterocycles. The fourth-order valence-corrected chi connectivity index (χ4v) is 3.16. The largest absolute Gasteiger partial charge is 0.340 e. The maximum atomic E-state index is 12.0. The van der Waals surface area contributed by atoms with E-state index >= 15 is 0 Å². The molecule has 1 aliphatic heterocycles. The van der Waals surface area contributed by atoms with Crippen LogP contribution in [0.5, 0.6) is 0 Å². The SMILES string of the molecule is CC(C)C(=O)N1CCN(Cc2cn3ccccc3c2C#N)CC1. The Balaban J connectivity index is 1.70. The number of hydrogen-bond donors (Lipinski definition) is 0. The van der Waals surface area contributed by atoms with E-state index in [1.54, 1.807) is 0 Å². The van der Waals surface area contributed by atoms with Gasteiger partial charge in [-0.1, -0.05) is 19.9 Å². The number of pyridine rings is 1. The molecule has 0 aromatic carbocycles. The fraction of sp³-hybridized carbons (Fsp3) is 0.444. The molecule has 0 unspecified atom stereocenters. The van der Waals surface area contributed by atoms with E-state index in [2.05, 4.69) is 11.0 Å². The Hall–Kier alpha value is -2.32. The van der Waals surface area contributed by atoms with Gasteiger partial charge in [0.15, 0.2) is 0 Å². The molecular weight excluding hydrogens is 288 g/mol. The standard InChI is InChI=1S/C18H22N4O/c1-14(2)18(23)21-9-7-20(8-10-21)12-15-13-22-6-4-3-5-17(22)16(15)11-19/h3-6,13-14H,7-10,12H2,1-2H3. The lowest BCUT2D eigenvalue weighted by Gasteiger charge is -2.35. The van der Waals surface area contributed by atoms with Gasteiger partial charge >= 0.3 is 0 Å². The second-order valence-corrected chi connectivity index (χ2v) is 6.39. The molecule has 5 nitrogen and oxygen atoms in total. The van der Waals surface area contributed by atoms with Gasteiger partial charge < -0.3 is 9.30 Å². The van der Waals surface area contributed by atoms with E-state index in [4.69, 9.17) is 0 Å². The Morgan fingerprint density at radius 3 is 2.65 bits per heavy atom. The van der Waals surface area contributed by atoms with Crippen LogP contribution in [0.1, 0.15) is 25.0 Å². The quantitative estimate of drug-likeness (QED) is 0.872. The van der Waals surface area contributed by atoms with Crippen LogP contribution < -0.4 is 0 Å². The second-order valence-electron chi connectivity index (χ2n) is 6.39. The second kappa shape index (κ2) is 6.43. The van der Waals surface area contributed by atoms with Gasteiger partial charge in [0.25, 0.3) is 0 Å². The fourth-order valence-electron chi connectivity index (χ4n) is 3.16. The molecule has 1 amide bonds. The number of amides is 1. The van der Waals surface area contributed by atoms with Crippen LogP contribution in [0, 0.1) is 17.2 Å². The van der Waals surface area contributed by atoms with E-state index in [1.807, 2.05) is 53.7 Å². The smallest absolute Gasteiger partial charge is 0.225 e. The van der Waals surface area contributed by atoms with Gasteiger partial charge in [0, 0.05) is 56.6 Å². The van der Waals surface area contributed by atoms with Gasteiger partial charge in [-0.15, -0.1) is 0 Å². The molecule has 1 saturated heterocycles. The third kappa shape index (κ3) is 3.08. The highest BCUT2D eigenvalue weighted by Gasteiger charge is 2.23. The monoisotopic (exact) mass is 310 g/mol. The molecule has 3 rings (SSSR count). The molecule has 0 atom stereocenters. The number of nitrogens with zero attached hydrogens (tertiary/aromatic N) is 4. The van der Waals surface area contributed by atoms with Crippen molar-refractivity contribution in [1.82, 2.24) is 14.2 Å². The molecule has 1 fully saturated rings. The lowest BCUT2D eigenvalue weighted by Crippen LogP contribution is -2.49. The van der Waals surface area contributed by atoms with Crippen molar-refractivity contribution in [2.24, 2.45) is 5.92 Å². The summed E-state index contributed by atoms with van der Waals surface area (Å²) in [5, 5.41) is 9.48. The van der Waals surface area contributed by atoms with E-state index in [9.17, 15) is 10.1 Å². The molecule has 0 saturated carbocycles. The van der Waals surface area contributed by atoms with Crippen molar-refractivity contribution in [3.05, 3.63) is 41.7 Å². The van der Waals surface area contributed by atoms with Crippen LogP contribution in [0.15, 0.2) is 30.6 Å². The number of rotatable bonds is 3. The summed E-state index contributed by atoms with van der Waals surface area (Å²) in [6.07, 6.45) is 4.01. The van der Waals surface area contributed by atoms with Crippen LogP contribution in [0.2, 0.25) is 0 Å². The summed E-state index contributed by atoms with van der Waals surface area (Å²) in [7, 11) is 0. The minimum Gasteiger partial charge on any atom is -0.340 e. The van der Waals surface area contributed by atoms with Crippen LogP contribution in [0.25, 0.3) is 5.52 Å². The van der Waals surface area contributed by atoms with Crippen molar-refractivity contribution < 1.29 is 4.79 Å². The highest BCUT2D eigenvalue weighted by atomic mass is 16.2. The Labute approximate surface area is 136 Å². The zero-order chi connectivity index (χ0) is 16.4. The highest BCUT2D eigenvalue weighted by molar-refractivity contribution is 5.78. The summed E-state index contributed by atoms with van der Waals surface area (Å²) >= 11 is 0. The minimum atomic E-state index is 0.0588. The highest BCUT2D eigenvalue weighted by Crippen LogP contribution is 2.20. The first-order chi connectivity index (χ1) is 11.1. The first kappa shape index (κ1) is 15.6. The van der Waals surface area contributed by atoms with Crippen LogP contribution in [0.4, 0.5) is 0 Å². The third-order valence-electron chi connectivity index (χ3n) is 4.45. The van der Waals surface area contributed by atoms with E-state index in [0.29, 0.717) is 0 Å². The van der Waals surface area contributed by atoms with Crippen LogP contribution in [-0.4, -0.2) is 46.3 Å². The molecule has 120 valence electrons. The van der Waals surface area contributed by atoms with E-state index < -0.39 is 0 Å². The molecule has 2 aromatic rings. The Morgan fingerprint density at radius 1 is 1.26 bits per heavy atom. The Kier molecular flexibility index (Phi) is 4.35. The number of aromatic nitrogens is 1. The maximum absolute atomic E-state index is 12.0. The maximum Gasteiger partial charge on any atom is 0.225 e. The number of hydrogen-bond acceptors (Lipinski definition) is 3. The molecule has 0 spiro atoms. The zero-order valence-electron chi connectivity index (χ0n) is 13.7. The molecule has 0 aliphatic carbocycles. The normalized spacial score (nSPS) is 16.0. The van der Waals surface area contributed by atoms with Gasteiger partial charge in [-0.3, -0.25) is 9.69 Å². The van der Waals surface area contributed by atoms with Crippen molar-refractivity contribution in [3.8, 4) is 6.07 Å². The van der Waals surface area contributed by atoms with Crippen molar-refractivity contribution in [2.45, 2.75) is 20.4 Å². The predicted octanol–water partition coefficient (Wildman–Crippen LogP) is 2.11. The first-order valence-electron chi connectivity index (χ1n) is 8.10. The van der Waals surface area contributed by atoms with Crippen LogP contribution in [-0.2, 0) is 11.3 Å². The summed E-state index contributed by atoms with van der Waals surface area (Å²) in [5.41, 5.74) is 2.77. The first-order valence-corrected chi connectivity index (χ1v) is 8.10. The van der Waals surface area contributed by atoms with Gasteiger partial charge in [-0.25, -0.2) is 0 Å². The lowest BCUT2D eigenvalue weighted by atomic mass is 10.1. The molecular formula is C18H22N4O. The van der Waals surface area contributed by atoms with E-state index in [-0.39, 0.29) is 11.8 Å². The Morgan fingerprint density at radius 2 is 2.00 bits per heavy atom. The van der Waals surface area contributed by atoms with Crippen LogP contribution in [0.3, 0.4) is 0 Å². The zero-order valence-corrected chi connectivity index (χ0v) is 13.7. The number of piperazine rings is 1. The molecule has 1 aliphatic rings. The van der Waals surface area contributed by atoms with Crippen molar-refractivity contribution in [3.63, 3.8) is 0 Å². The molecule has 0 radical (unpaired) electrons. The molecule has 2 aromatic heterocycles. The lowest BCUT2D eigenvalue weighted by molar-refractivity contribution is -0.136. The summed E-state index contributed by atoms with van der Waals surface area (Å²) in [6, 6.07) is 8.23. The van der Waals surface area contributed by atoms with Crippen LogP contribution >= 0.6 is 0 Å². The predicted molar refractivity (Wildman–Crippen MR) is 88.8 cm³/mol. The Bertz CT molecular complexity index is 748. The summed E-state index contributed by atoms with van der Waals surface area (Å²) < 4.78 is 2.01. The van der Waals surface area contributed by atoms with Gasteiger partial charge in [0.2, 0.25) is 5.91 Å². The van der Waals surface area contributed by atoms with Gasteiger partial charge in [-0.05, 0) is 12.1 Å². The average molecular weight is 310 g/mol. The number of carbonyl (C=O) groups is 1. The minimum absolute atomic E-state index is 0.0588. The number of carbonyl (C=O) groups excluding carboxylic acids is 1. The summed E-state index contributed by atoms with van der Waals surface area (Å²) in [5.74, 6) is 0.292. The molecule has 5 heteroatoms. The topological polar surface area (TPSA) is 51.8 Å². The number of fused-ring (bicyclic) bond motifs is 1.